The summed E-state index contributed by atoms with van der Waals surface area (Å²) in [6.45, 7) is 4.19. The minimum Gasteiger partial charge on any atom is -0.333 e. The van der Waals surface area contributed by atoms with Crippen LogP contribution < -0.4 is 5.32 Å². The van der Waals surface area contributed by atoms with Gasteiger partial charge in [-0.25, -0.2) is 4.98 Å². The molecule has 0 spiro atoms. The van der Waals surface area contributed by atoms with Crippen LogP contribution in [-0.4, -0.2) is 51.5 Å². The number of thioether (sulfide) groups is 1. The van der Waals surface area contributed by atoms with Gasteiger partial charge in [-0.3, -0.25) is 4.79 Å². The Kier molecular flexibility index (Phi) is 6.64. The molecule has 2 aromatic carbocycles. The molecule has 6 heteroatoms. The minimum atomic E-state index is -0.0870. The summed E-state index contributed by atoms with van der Waals surface area (Å²) in [6.07, 6.45) is 6.50. The molecule has 0 bridgehead atoms. The van der Waals surface area contributed by atoms with Gasteiger partial charge in [-0.1, -0.05) is 24.3 Å². The molecule has 1 aliphatic rings. The number of aromatic nitrogens is 2. The van der Waals surface area contributed by atoms with Crippen molar-refractivity contribution < 1.29 is 4.79 Å². The van der Waals surface area contributed by atoms with E-state index in [4.69, 9.17) is 0 Å². The molecule has 0 atom stereocenters. The number of benzene rings is 2. The first-order valence-electron chi connectivity index (χ1n) is 10.0. The molecule has 0 saturated carbocycles. The lowest BCUT2D eigenvalue weighted by molar-refractivity contribution is 0.102. The molecule has 29 heavy (non-hydrogen) atoms. The number of hydrogen-bond acceptors (Lipinski definition) is 4. The van der Waals surface area contributed by atoms with Gasteiger partial charge >= 0.3 is 0 Å². The van der Waals surface area contributed by atoms with Gasteiger partial charge in [-0.15, -0.1) is 0 Å². The predicted molar refractivity (Wildman–Crippen MR) is 120 cm³/mol. The predicted octanol–water partition coefficient (Wildman–Crippen LogP) is 3.78. The van der Waals surface area contributed by atoms with Crippen LogP contribution in [0.1, 0.15) is 21.5 Å². The van der Waals surface area contributed by atoms with Crippen LogP contribution in [0, 0.1) is 0 Å². The van der Waals surface area contributed by atoms with Gasteiger partial charge in [0.2, 0.25) is 0 Å². The maximum Gasteiger partial charge on any atom is 0.255 e. The van der Waals surface area contributed by atoms with Gasteiger partial charge in [0.15, 0.2) is 0 Å². The molecule has 1 aromatic heterocycles. The third-order valence-corrected chi connectivity index (χ3v) is 6.09. The fraction of sp³-hybridized carbons (Fsp3) is 0.304. The summed E-state index contributed by atoms with van der Waals surface area (Å²) < 4.78 is 1.98. The Morgan fingerprint density at radius 2 is 1.90 bits per heavy atom. The second-order valence-electron chi connectivity index (χ2n) is 7.29. The summed E-state index contributed by atoms with van der Waals surface area (Å²) in [4.78, 5) is 19.2. The highest BCUT2D eigenvalue weighted by molar-refractivity contribution is 7.99. The Morgan fingerprint density at radius 1 is 1.07 bits per heavy atom. The van der Waals surface area contributed by atoms with E-state index in [1.807, 2.05) is 58.9 Å². The molecule has 1 aliphatic heterocycles. The Balaban J connectivity index is 1.32. The SMILES string of the molecule is O=C(Nc1ccc(CCN2CCSCC2)cc1)c1cccc(Cn2ccnc2)c1. The fourth-order valence-electron chi connectivity index (χ4n) is 3.47. The molecular weight excluding hydrogens is 380 g/mol. The Bertz CT molecular complexity index is 918. The molecule has 1 amide bonds. The van der Waals surface area contributed by atoms with Crippen molar-refractivity contribution in [2.75, 3.05) is 36.5 Å². The number of imidazole rings is 1. The van der Waals surface area contributed by atoms with Crippen molar-refractivity contribution in [2.45, 2.75) is 13.0 Å². The molecule has 0 unspecified atom stereocenters. The summed E-state index contributed by atoms with van der Waals surface area (Å²) in [6, 6.07) is 15.9. The van der Waals surface area contributed by atoms with Crippen LogP contribution in [0.2, 0.25) is 0 Å². The normalized spacial score (nSPS) is 14.6. The van der Waals surface area contributed by atoms with Gasteiger partial charge in [0.1, 0.15) is 0 Å². The van der Waals surface area contributed by atoms with E-state index in [-0.39, 0.29) is 5.91 Å². The van der Waals surface area contributed by atoms with Crippen molar-refractivity contribution in [1.29, 1.82) is 0 Å². The van der Waals surface area contributed by atoms with Gasteiger partial charge in [0.25, 0.3) is 5.91 Å². The smallest absolute Gasteiger partial charge is 0.255 e. The molecule has 1 N–H and O–H groups in total. The van der Waals surface area contributed by atoms with Crippen LogP contribution in [0.15, 0.2) is 67.3 Å². The average molecular weight is 407 g/mol. The van der Waals surface area contributed by atoms with Crippen LogP contribution in [0.5, 0.6) is 0 Å². The zero-order valence-corrected chi connectivity index (χ0v) is 17.3. The summed E-state index contributed by atoms with van der Waals surface area (Å²) in [5, 5.41) is 3.01. The summed E-state index contributed by atoms with van der Waals surface area (Å²) in [5.74, 6) is 2.40. The van der Waals surface area contributed by atoms with E-state index >= 15 is 0 Å². The van der Waals surface area contributed by atoms with Crippen molar-refractivity contribution in [1.82, 2.24) is 14.5 Å². The number of nitrogens with zero attached hydrogens (tertiary/aromatic N) is 3. The molecule has 1 saturated heterocycles. The number of hydrogen-bond donors (Lipinski definition) is 1. The van der Waals surface area contributed by atoms with E-state index in [9.17, 15) is 4.79 Å². The zero-order valence-electron chi connectivity index (χ0n) is 16.5. The lowest BCUT2D eigenvalue weighted by atomic mass is 10.1. The van der Waals surface area contributed by atoms with Crippen LogP contribution >= 0.6 is 11.8 Å². The van der Waals surface area contributed by atoms with Crippen LogP contribution in [0.25, 0.3) is 0 Å². The molecule has 0 aliphatic carbocycles. The molecule has 0 radical (unpaired) electrons. The lowest BCUT2D eigenvalue weighted by Gasteiger charge is -2.26. The lowest BCUT2D eigenvalue weighted by Crippen LogP contribution is -2.34. The van der Waals surface area contributed by atoms with Crippen molar-refractivity contribution in [3.63, 3.8) is 0 Å². The third-order valence-electron chi connectivity index (χ3n) is 5.15. The van der Waals surface area contributed by atoms with Crippen molar-refractivity contribution in [3.8, 4) is 0 Å². The maximum atomic E-state index is 12.6. The Hall–Kier alpha value is -2.57. The first-order chi connectivity index (χ1) is 14.3. The Labute approximate surface area is 176 Å². The molecule has 2 heterocycles. The van der Waals surface area contributed by atoms with E-state index in [0.717, 1.165) is 24.2 Å². The number of rotatable bonds is 7. The minimum absolute atomic E-state index is 0.0870. The topological polar surface area (TPSA) is 50.2 Å². The molecule has 5 nitrogen and oxygen atoms in total. The molecule has 4 rings (SSSR count). The summed E-state index contributed by atoms with van der Waals surface area (Å²) >= 11 is 2.04. The molecule has 150 valence electrons. The highest BCUT2D eigenvalue weighted by atomic mass is 32.2. The van der Waals surface area contributed by atoms with Crippen LogP contribution in [0.3, 0.4) is 0 Å². The highest BCUT2D eigenvalue weighted by Gasteiger charge is 2.10. The van der Waals surface area contributed by atoms with Gasteiger partial charge in [0.05, 0.1) is 6.33 Å². The van der Waals surface area contributed by atoms with Crippen LogP contribution in [-0.2, 0) is 13.0 Å². The number of carbonyl (C=O) groups excluding carboxylic acids is 1. The summed E-state index contributed by atoms with van der Waals surface area (Å²) in [5.41, 5.74) is 3.87. The largest absolute Gasteiger partial charge is 0.333 e. The number of carbonyl (C=O) groups is 1. The van der Waals surface area contributed by atoms with Crippen molar-refractivity contribution >= 4 is 23.4 Å². The van der Waals surface area contributed by atoms with Gasteiger partial charge < -0.3 is 14.8 Å². The zero-order chi connectivity index (χ0) is 19.9. The fourth-order valence-corrected chi connectivity index (χ4v) is 4.45. The van der Waals surface area contributed by atoms with Gasteiger partial charge in [-0.05, 0) is 41.8 Å². The van der Waals surface area contributed by atoms with Crippen molar-refractivity contribution in [3.05, 3.63) is 83.9 Å². The summed E-state index contributed by atoms with van der Waals surface area (Å²) in [7, 11) is 0. The quantitative estimate of drug-likeness (QED) is 0.649. The third kappa shape index (κ3) is 5.71. The van der Waals surface area contributed by atoms with E-state index < -0.39 is 0 Å². The maximum absolute atomic E-state index is 12.6. The van der Waals surface area contributed by atoms with E-state index in [0.29, 0.717) is 12.1 Å². The van der Waals surface area contributed by atoms with Gasteiger partial charge in [0, 0.05) is 61.3 Å². The van der Waals surface area contributed by atoms with E-state index in [2.05, 4.69) is 27.3 Å². The molecule has 1 fully saturated rings. The molecular formula is C23H26N4OS. The number of amides is 1. The first-order valence-corrected chi connectivity index (χ1v) is 11.2. The van der Waals surface area contributed by atoms with Crippen LogP contribution in [0.4, 0.5) is 5.69 Å². The highest BCUT2D eigenvalue weighted by Crippen LogP contribution is 2.15. The van der Waals surface area contributed by atoms with E-state index in [1.54, 1.807) is 12.5 Å². The standard InChI is InChI=1S/C23H26N4OS/c28-23(21-3-1-2-20(16-21)17-27-11-9-24-18-27)25-22-6-4-19(5-7-22)8-10-26-12-14-29-15-13-26/h1-7,9,11,16,18H,8,10,12-15,17H2,(H,25,28). The second kappa shape index (κ2) is 9.76. The second-order valence-corrected chi connectivity index (χ2v) is 8.52. The number of nitrogens with one attached hydrogen (secondary N) is 1. The Morgan fingerprint density at radius 3 is 2.66 bits per heavy atom. The molecule has 3 aromatic rings. The number of anilines is 1. The first kappa shape index (κ1) is 19.7. The van der Waals surface area contributed by atoms with Crippen molar-refractivity contribution in [2.24, 2.45) is 0 Å². The van der Waals surface area contributed by atoms with E-state index in [1.165, 1.54) is 30.2 Å². The van der Waals surface area contributed by atoms with Gasteiger partial charge in [-0.2, -0.15) is 11.8 Å². The monoisotopic (exact) mass is 406 g/mol. The average Bonchev–Trinajstić information content (AvgIpc) is 3.27.